The van der Waals surface area contributed by atoms with E-state index < -0.39 is 11.8 Å². The minimum absolute atomic E-state index is 0.266. The fraction of sp³-hybridized carbons (Fsp3) is 0.556. The van der Waals surface area contributed by atoms with E-state index in [2.05, 4.69) is 4.99 Å². The van der Waals surface area contributed by atoms with E-state index >= 15 is 0 Å². The molecule has 0 saturated heterocycles. The topological polar surface area (TPSA) is 66.7 Å². The molecule has 0 spiro atoms. The van der Waals surface area contributed by atoms with Crippen LogP contribution in [-0.2, 0) is 20.4 Å². The summed E-state index contributed by atoms with van der Waals surface area (Å²) in [6.45, 7) is 13.8. The Morgan fingerprint density at radius 1 is 1.09 bits per heavy atom. The molecule has 22 heavy (non-hydrogen) atoms. The number of aliphatic imine (C=N–C) groups is 1. The summed E-state index contributed by atoms with van der Waals surface area (Å²) in [5.74, 6) is -0.813. The third-order valence-electron chi connectivity index (χ3n) is 3.77. The number of amides is 1. The molecule has 0 heterocycles. The number of nitrogens with zero attached hydrogens (tertiary/aromatic N) is 1. The molecule has 4 nitrogen and oxygen atoms in total. The first-order valence-electron chi connectivity index (χ1n) is 7.39. The van der Waals surface area contributed by atoms with Gasteiger partial charge in [-0.1, -0.05) is 53.7 Å². The quantitative estimate of drug-likeness (QED) is 0.664. The Bertz CT molecular complexity index is 592. The van der Waals surface area contributed by atoms with Crippen LogP contribution < -0.4 is 0 Å². The number of phenolic OH excluding ortho intramolecular Hbond substituents is 1. The Hall–Kier alpha value is -1.93. The number of hydrogen-bond donors (Lipinski definition) is 1. The van der Waals surface area contributed by atoms with E-state index in [9.17, 15) is 14.7 Å². The summed E-state index contributed by atoms with van der Waals surface area (Å²) in [4.78, 5) is 25.4. The Labute approximate surface area is 132 Å². The Morgan fingerprint density at radius 2 is 1.50 bits per heavy atom. The van der Waals surface area contributed by atoms with Crippen molar-refractivity contribution in [2.75, 3.05) is 0 Å². The molecule has 1 aromatic rings. The van der Waals surface area contributed by atoms with Gasteiger partial charge in [0, 0.05) is 0 Å². The first-order valence-corrected chi connectivity index (χ1v) is 7.39. The van der Waals surface area contributed by atoms with Gasteiger partial charge in [-0.15, -0.1) is 4.99 Å². The van der Waals surface area contributed by atoms with E-state index in [4.69, 9.17) is 0 Å². The lowest BCUT2D eigenvalue weighted by molar-refractivity contribution is -0.118. The number of phenols is 1. The molecule has 0 aliphatic rings. The van der Waals surface area contributed by atoms with Crippen molar-refractivity contribution in [1.29, 1.82) is 0 Å². The van der Waals surface area contributed by atoms with Gasteiger partial charge in [0.2, 0.25) is 6.08 Å². The molecule has 1 amide bonds. The summed E-state index contributed by atoms with van der Waals surface area (Å²) in [5.41, 5.74) is 1.78. The van der Waals surface area contributed by atoms with Crippen LogP contribution in [0.15, 0.2) is 17.1 Å². The van der Waals surface area contributed by atoms with E-state index in [-0.39, 0.29) is 16.6 Å². The summed E-state index contributed by atoms with van der Waals surface area (Å²) in [6.07, 6.45) is 1.30. The molecule has 0 aliphatic carbocycles. The summed E-state index contributed by atoms with van der Waals surface area (Å²) in [6, 6.07) is 3.65. The van der Waals surface area contributed by atoms with Crippen LogP contribution in [0.1, 0.15) is 71.1 Å². The molecule has 4 heteroatoms. The lowest BCUT2D eigenvalue weighted by Gasteiger charge is -2.29. The molecule has 1 rings (SSSR count). The number of carbonyl (C=O) groups excluding carboxylic acids is 2. The number of rotatable bonds is 2. The molecular weight excluding hydrogens is 278 g/mol. The molecule has 1 N–H and O–H groups in total. The molecule has 120 valence electrons. The average molecular weight is 303 g/mol. The van der Waals surface area contributed by atoms with Gasteiger partial charge in [-0.05, 0) is 34.4 Å². The zero-order valence-corrected chi connectivity index (χ0v) is 14.4. The highest BCUT2D eigenvalue weighted by molar-refractivity contribution is 5.87. The first kappa shape index (κ1) is 18.1. The standard InChI is InChI=1S/C18H25NO3/c1-11(16(22)19-10-20)12-8-13(17(2,3)4)15(21)14(9-12)18(5,6)7/h8-9,11,21H,1-7H3. The lowest BCUT2D eigenvalue weighted by Crippen LogP contribution is -2.19. The van der Waals surface area contributed by atoms with Crippen LogP contribution >= 0.6 is 0 Å². The largest absolute Gasteiger partial charge is 0.507 e. The van der Waals surface area contributed by atoms with Gasteiger partial charge in [-0.3, -0.25) is 4.79 Å². The van der Waals surface area contributed by atoms with Crippen LogP contribution in [0.5, 0.6) is 5.75 Å². The maximum Gasteiger partial charge on any atom is 0.263 e. The normalized spacial score (nSPS) is 13.4. The van der Waals surface area contributed by atoms with E-state index in [0.29, 0.717) is 0 Å². The second-order valence-corrected chi connectivity index (χ2v) is 7.73. The molecule has 1 atom stereocenters. The minimum Gasteiger partial charge on any atom is -0.507 e. The van der Waals surface area contributed by atoms with Crippen LogP contribution in [0.2, 0.25) is 0 Å². The van der Waals surface area contributed by atoms with Gasteiger partial charge in [0.15, 0.2) is 0 Å². The third kappa shape index (κ3) is 3.83. The lowest BCUT2D eigenvalue weighted by atomic mass is 9.77. The molecule has 0 saturated carbocycles. The highest BCUT2D eigenvalue weighted by Gasteiger charge is 2.28. The second-order valence-electron chi connectivity index (χ2n) is 7.73. The molecule has 0 fully saturated rings. The highest BCUT2D eigenvalue weighted by atomic mass is 16.3. The van der Waals surface area contributed by atoms with Gasteiger partial charge in [-0.25, -0.2) is 4.79 Å². The van der Waals surface area contributed by atoms with Crippen LogP contribution in [0.4, 0.5) is 0 Å². The van der Waals surface area contributed by atoms with Gasteiger partial charge in [0.1, 0.15) is 5.75 Å². The smallest absolute Gasteiger partial charge is 0.263 e. The van der Waals surface area contributed by atoms with E-state index in [0.717, 1.165) is 16.7 Å². The van der Waals surface area contributed by atoms with Crippen molar-refractivity contribution in [2.24, 2.45) is 4.99 Å². The van der Waals surface area contributed by atoms with E-state index in [1.165, 1.54) is 6.08 Å². The number of hydrogen-bond acceptors (Lipinski definition) is 3. The average Bonchev–Trinajstić information content (AvgIpc) is 2.35. The SMILES string of the molecule is CC(C(=O)N=C=O)c1cc(C(C)(C)C)c(O)c(C(C)(C)C)c1. The van der Waals surface area contributed by atoms with Crippen molar-refractivity contribution < 1.29 is 14.7 Å². The molecular formula is C18H25NO3. The van der Waals surface area contributed by atoms with Crippen molar-refractivity contribution in [3.05, 3.63) is 28.8 Å². The predicted molar refractivity (Wildman–Crippen MR) is 87.1 cm³/mol. The van der Waals surface area contributed by atoms with Crippen molar-refractivity contribution in [3.8, 4) is 5.75 Å². The van der Waals surface area contributed by atoms with Crippen molar-refractivity contribution in [3.63, 3.8) is 0 Å². The fourth-order valence-electron chi connectivity index (χ4n) is 2.33. The van der Waals surface area contributed by atoms with Gasteiger partial charge in [-0.2, -0.15) is 0 Å². The number of isocyanates is 1. The summed E-state index contributed by atoms with van der Waals surface area (Å²) >= 11 is 0. The number of benzene rings is 1. The molecule has 0 bridgehead atoms. The summed E-state index contributed by atoms with van der Waals surface area (Å²) in [7, 11) is 0. The fourth-order valence-corrected chi connectivity index (χ4v) is 2.33. The van der Waals surface area contributed by atoms with Crippen molar-refractivity contribution in [1.82, 2.24) is 0 Å². The minimum atomic E-state index is -0.552. The number of aromatic hydroxyl groups is 1. The van der Waals surface area contributed by atoms with Crippen molar-refractivity contribution >= 4 is 12.0 Å². The van der Waals surface area contributed by atoms with E-state index in [1.807, 2.05) is 53.7 Å². The Morgan fingerprint density at radius 3 is 1.82 bits per heavy atom. The molecule has 0 aliphatic heterocycles. The summed E-state index contributed by atoms with van der Waals surface area (Å²) in [5, 5.41) is 10.6. The molecule has 1 unspecified atom stereocenters. The van der Waals surface area contributed by atoms with Gasteiger partial charge >= 0.3 is 0 Å². The molecule has 0 radical (unpaired) electrons. The third-order valence-corrected chi connectivity index (χ3v) is 3.77. The Balaban J connectivity index is 3.61. The van der Waals surface area contributed by atoms with Crippen LogP contribution in [0, 0.1) is 0 Å². The van der Waals surface area contributed by atoms with Gasteiger partial charge < -0.3 is 5.11 Å². The van der Waals surface area contributed by atoms with Crippen LogP contribution in [0.25, 0.3) is 0 Å². The monoisotopic (exact) mass is 303 g/mol. The van der Waals surface area contributed by atoms with Crippen molar-refractivity contribution in [2.45, 2.75) is 65.2 Å². The highest BCUT2D eigenvalue weighted by Crippen LogP contribution is 2.41. The predicted octanol–water partition coefficient (Wildman–Crippen LogP) is 3.95. The van der Waals surface area contributed by atoms with Gasteiger partial charge in [0.05, 0.1) is 5.92 Å². The molecule has 0 aromatic heterocycles. The molecule has 1 aromatic carbocycles. The first-order chi connectivity index (χ1) is 9.89. The zero-order chi connectivity index (χ0) is 17.3. The number of carbonyl (C=O) groups is 1. The second kappa shape index (κ2) is 6.05. The van der Waals surface area contributed by atoms with E-state index in [1.54, 1.807) is 6.92 Å². The Kier molecular flexibility index (Phi) is 4.99. The van der Waals surface area contributed by atoms with Crippen LogP contribution in [0.3, 0.4) is 0 Å². The van der Waals surface area contributed by atoms with Crippen LogP contribution in [-0.4, -0.2) is 17.1 Å². The summed E-state index contributed by atoms with van der Waals surface area (Å²) < 4.78 is 0. The zero-order valence-electron chi connectivity index (χ0n) is 14.4. The maximum atomic E-state index is 11.9. The van der Waals surface area contributed by atoms with Gasteiger partial charge in [0.25, 0.3) is 5.91 Å². The maximum absolute atomic E-state index is 11.9.